The summed E-state index contributed by atoms with van der Waals surface area (Å²) in [6.45, 7) is 7.46. The van der Waals surface area contributed by atoms with Crippen molar-refractivity contribution in [2.75, 3.05) is 6.61 Å². The molecule has 2 nitrogen and oxygen atoms in total. The minimum Gasteiger partial charge on any atom is -0.374 e. The molecule has 0 aromatic rings. The van der Waals surface area contributed by atoms with Crippen molar-refractivity contribution >= 4 is 0 Å². The maximum absolute atomic E-state index is 5.78. The molecule has 2 aliphatic rings. The Hall–Kier alpha value is -0.0800. The van der Waals surface area contributed by atoms with Crippen LogP contribution in [0.15, 0.2) is 0 Å². The molecule has 2 aliphatic heterocycles. The molecule has 11 heavy (non-hydrogen) atoms. The van der Waals surface area contributed by atoms with E-state index in [1.165, 1.54) is 0 Å². The van der Waals surface area contributed by atoms with E-state index in [-0.39, 0.29) is 0 Å². The van der Waals surface area contributed by atoms with Gasteiger partial charge in [0.25, 0.3) is 0 Å². The molecule has 0 aromatic carbocycles. The van der Waals surface area contributed by atoms with Crippen LogP contribution < -0.4 is 0 Å². The molecule has 4 atom stereocenters. The molecule has 0 saturated carbocycles. The Morgan fingerprint density at radius 2 is 2.27 bits per heavy atom. The van der Waals surface area contributed by atoms with Crippen LogP contribution in [0.2, 0.25) is 0 Å². The first-order chi connectivity index (χ1) is 5.18. The molecule has 2 saturated heterocycles. The van der Waals surface area contributed by atoms with E-state index in [2.05, 4.69) is 20.8 Å². The van der Waals surface area contributed by atoms with E-state index in [0.29, 0.717) is 23.7 Å². The van der Waals surface area contributed by atoms with Crippen LogP contribution in [-0.4, -0.2) is 24.9 Å². The van der Waals surface area contributed by atoms with E-state index in [1.807, 2.05) is 0 Å². The quantitative estimate of drug-likeness (QED) is 0.574. The summed E-state index contributed by atoms with van der Waals surface area (Å²) in [5.41, 5.74) is 0.328. The molecule has 0 N–H and O–H groups in total. The number of fused-ring (bicyclic) bond motifs is 1. The number of hydrogen-bond acceptors (Lipinski definition) is 2. The first-order valence-corrected chi connectivity index (χ1v) is 4.45. The molecule has 64 valence electrons. The highest BCUT2D eigenvalue weighted by Crippen LogP contribution is 2.48. The van der Waals surface area contributed by atoms with Gasteiger partial charge < -0.3 is 9.47 Å². The van der Waals surface area contributed by atoms with E-state index < -0.39 is 0 Å². The largest absolute Gasteiger partial charge is 0.374 e. The van der Waals surface area contributed by atoms with Crippen LogP contribution in [0.25, 0.3) is 0 Å². The Labute approximate surface area is 67.9 Å². The number of rotatable bonds is 1. The normalized spacial score (nSPS) is 55.4. The number of ether oxygens (including phenoxy) is 2. The summed E-state index contributed by atoms with van der Waals surface area (Å²) in [5, 5.41) is 0. The van der Waals surface area contributed by atoms with Crippen molar-refractivity contribution in [2.45, 2.75) is 45.5 Å². The summed E-state index contributed by atoms with van der Waals surface area (Å²) in [5.74, 6) is 0. The highest BCUT2D eigenvalue weighted by molar-refractivity contribution is 5.04. The topological polar surface area (TPSA) is 18.5 Å². The predicted molar refractivity (Wildman–Crippen MR) is 42.5 cm³/mol. The maximum atomic E-state index is 5.78. The Balaban J connectivity index is 2.16. The Kier molecular flexibility index (Phi) is 1.52. The van der Waals surface area contributed by atoms with Crippen molar-refractivity contribution in [3.05, 3.63) is 0 Å². The summed E-state index contributed by atoms with van der Waals surface area (Å²) in [4.78, 5) is 0. The van der Waals surface area contributed by atoms with Crippen LogP contribution in [0.3, 0.4) is 0 Å². The van der Waals surface area contributed by atoms with Crippen LogP contribution >= 0.6 is 0 Å². The Morgan fingerprint density at radius 1 is 1.55 bits per heavy atom. The van der Waals surface area contributed by atoms with Crippen molar-refractivity contribution in [3.63, 3.8) is 0 Å². The third-order valence-corrected chi connectivity index (χ3v) is 3.14. The molecule has 2 fully saturated rings. The molecule has 0 radical (unpaired) electrons. The maximum Gasteiger partial charge on any atom is 0.0934 e. The van der Waals surface area contributed by atoms with Gasteiger partial charge in [0.2, 0.25) is 0 Å². The average Bonchev–Trinajstić information content (AvgIpc) is 2.10. The molecule has 0 aliphatic carbocycles. The van der Waals surface area contributed by atoms with E-state index in [4.69, 9.17) is 9.47 Å². The third-order valence-electron chi connectivity index (χ3n) is 3.14. The lowest BCUT2D eigenvalue weighted by Gasteiger charge is -2.44. The monoisotopic (exact) mass is 156 g/mol. The minimum atomic E-state index is 0.304. The molecule has 0 spiro atoms. The smallest absolute Gasteiger partial charge is 0.0934 e. The second-order valence-electron chi connectivity index (χ2n) is 3.98. The molecule has 0 amide bonds. The summed E-state index contributed by atoms with van der Waals surface area (Å²) >= 11 is 0. The van der Waals surface area contributed by atoms with Crippen LogP contribution in [0, 0.1) is 5.41 Å². The van der Waals surface area contributed by atoms with Gasteiger partial charge in [-0.25, -0.2) is 0 Å². The molecule has 1 unspecified atom stereocenters. The molecule has 2 heteroatoms. The standard InChI is InChI=1S/C9H16O2/c1-4-7-9(3)5-10-8(9)6(2)11-7/h6-8H,4-5H2,1-3H3/t6-,7+,8?,9+/m0/s1. The zero-order chi connectivity index (χ0) is 8.06. The first kappa shape index (κ1) is 7.56. The molecule has 0 bridgehead atoms. The third kappa shape index (κ3) is 0.798. The first-order valence-electron chi connectivity index (χ1n) is 4.45. The number of hydrogen-bond donors (Lipinski definition) is 0. The van der Waals surface area contributed by atoms with Gasteiger partial charge in [-0.3, -0.25) is 0 Å². The highest BCUT2D eigenvalue weighted by Gasteiger charge is 2.58. The van der Waals surface area contributed by atoms with Gasteiger partial charge in [-0.1, -0.05) is 13.8 Å². The lowest BCUT2D eigenvalue weighted by molar-refractivity contribution is -0.167. The molecule has 2 heterocycles. The Bertz CT molecular complexity index is 169. The predicted octanol–water partition coefficient (Wildman–Crippen LogP) is 1.59. The lowest BCUT2D eigenvalue weighted by atomic mass is 9.75. The van der Waals surface area contributed by atoms with Crippen molar-refractivity contribution in [1.29, 1.82) is 0 Å². The van der Waals surface area contributed by atoms with Gasteiger partial charge in [-0.15, -0.1) is 0 Å². The second kappa shape index (κ2) is 2.20. The van der Waals surface area contributed by atoms with Crippen molar-refractivity contribution in [2.24, 2.45) is 5.41 Å². The Morgan fingerprint density at radius 3 is 2.55 bits per heavy atom. The lowest BCUT2D eigenvalue weighted by Crippen LogP contribution is -2.53. The van der Waals surface area contributed by atoms with Crippen molar-refractivity contribution in [1.82, 2.24) is 0 Å². The molecular formula is C9H16O2. The van der Waals surface area contributed by atoms with Gasteiger partial charge in [0, 0.05) is 5.41 Å². The van der Waals surface area contributed by atoms with E-state index in [1.54, 1.807) is 0 Å². The van der Waals surface area contributed by atoms with Crippen molar-refractivity contribution < 1.29 is 9.47 Å². The fourth-order valence-electron chi connectivity index (χ4n) is 2.44. The van der Waals surface area contributed by atoms with Crippen LogP contribution in [0.5, 0.6) is 0 Å². The zero-order valence-corrected chi connectivity index (χ0v) is 7.46. The SMILES string of the molecule is CC[C@H]1O[C@@H](C)C2OC[C@@]21C. The van der Waals surface area contributed by atoms with Crippen LogP contribution in [0.4, 0.5) is 0 Å². The van der Waals surface area contributed by atoms with Gasteiger partial charge in [0.05, 0.1) is 24.9 Å². The minimum absolute atomic E-state index is 0.304. The van der Waals surface area contributed by atoms with E-state index in [0.717, 1.165) is 13.0 Å². The average molecular weight is 156 g/mol. The van der Waals surface area contributed by atoms with Crippen LogP contribution in [0.1, 0.15) is 27.2 Å². The van der Waals surface area contributed by atoms with Gasteiger partial charge in [0.1, 0.15) is 0 Å². The molecular weight excluding hydrogens is 140 g/mol. The van der Waals surface area contributed by atoms with Gasteiger partial charge >= 0.3 is 0 Å². The van der Waals surface area contributed by atoms with Gasteiger partial charge in [-0.2, -0.15) is 0 Å². The summed E-state index contributed by atoms with van der Waals surface area (Å²) in [6, 6.07) is 0. The van der Waals surface area contributed by atoms with E-state index in [9.17, 15) is 0 Å². The summed E-state index contributed by atoms with van der Waals surface area (Å²) in [6.07, 6.45) is 2.21. The van der Waals surface area contributed by atoms with Gasteiger partial charge in [0.15, 0.2) is 0 Å². The van der Waals surface area contributed by atoms with Crippen LogP contribution in [-0.2, 0) is 9.47 Å². The zero-order valence-electron chi connectivity index (χ0n) is 7.46. The summed E-state index contributed by atoms with van der Waals surface area (Å²) in [7, 11) is 0. The van der Waals surface area contributed by atoms with E-state index >= 15 is 0 Å². The fraction of sp³-hybridized carbons (Fsp3) is 1.00. The molecule has 0 aromatic heterocycles. The molecule has 2 rings (SSSR count). The summed E-state index contributed by atoms with van der Waals surface area (Å²) < 4.78 is 11.3. The second-order valence-corrected chi connectivity index (χ2v) is 3.98. The highest BCUT2D eigenvalue weighted by atomic mass is 16.6. The fourth-order valence-corrected chi connectivity index (χ4v) is 2.44. The van der Waals surface area contributed by atoms with Gasteiger partial charge in [-0.05, 0) is 13.3 Å². The van der Waals surface area contributed by atoms with Crippen molar-refractivity contribution in [3.8, 4) is 0 Å².